The lowest BCUT2D eigenvalue weighted by molar-refractivity contribution is -0.130. The van der Waals surface area contributed by atoms with Gasteiger partial charge in [0, 0.05) is 36.9 Å². The van der Waals surface area contributed by atoms with Crippen LogP contribution in [0.3, 0.4) is 0 Å². The highest BCUT2D eigenvalue weighted by Crippen LogP contribution is 2.49. The van der Waals surface area contributed by atoms with Crippen molar-refractivity contribution in [3.63, 3.8) is 0 Å². The Morgan fingerprint density at radius 3 is 2.44 bits per heavy atom. The van der Waals surface area contributed by atoms with Gasteiger partial charge in [-0.15, -0.1) is 0 Å². The molecule has 1 aliphatic heterocycles. The van der Waals surface area contributed by atoms with Crippen LogP contribution < -0.4 is 5.73 Å². The molecule has 0 spiro atoms. The molecule has 3 amide bonds. The Morgan fingerprint density at radius 2 is 1.71 bits per heavy atom. The van der Waals surface area contributed by atoms with Crippen LogP contribution in [0, 0.1) is 11.3 Å². The van der Waals surface area contributed by atoms with Crippen molar-refractivity contribution in [1.82, 2.24) is 9.80 Å². The average Bonchev–Trinajstić information content (AvgIpc) is 3.54. The van der Waals surface area contributed by atoms with Gasteiger partial charge in [0.05, 0.1) is 18.5 Å². The first kappa shape index (κ1) is 31.9. The van der Waals surface area contributed by atoms with E-state index < -0.39 is 6.09 Å². The van der Waals surface area contributed by atoms with Crippen molar-refractivity contribution in [3.05, 3.63) is 95.1 Å². The topological polar surface area (TPSA) is 117 Å². The number of unbranched alkanes of at least 4 members (excludes halogenated alkanes) is 1. The highest BCUT2D eigenvalue weighted by atomic mass is 16.6. The van der Waals surface area contributed by atoms with E-state index in [1.165, 1.54) is 10.5 Å². The Kier molecular flexibility index (Phi) is 10.3. The number of rotatable bonds is 13. The second kappa shape index (κ2) is 14.5. The number of carbonyl (C=O) groups excluding carboxylic acids is 3. The van der Waals surface area contributed by atoms with Gasteiger partial charge in [-0.1, -0.05) is 67.1 Å². The third-order valence-electron chi connectivity index (χ3n) is 9.25. The molecule has 236 valence electrons. The zero-order chi connectivity index (χ0) is 31.9. The summed E-state index contributed by atoms with van der Waals surface area (Å²) in [4.78, 5) is 43.5. The van der Waals surface area contributed by atoms with Gasteiger partial charge in [-0.05, 0) is 85.9 Å². The molecule has 1 fully saturated rings. The first-order valence-electron chi connectivity index (χ1n) is 16.2. The van der Waals surface area contributed by atoms with E-state index in [9.17, 15) is 14.4 Å². The van der Waals surface area contributed by atoms with Crippen molar-refractivity contribution in [3.8, 4) is 11.1 Å². The number of amidine groups is 1. The predicted octanol–water partition coefficient (Wildman–Crippen LogP) is 6.57. The molecule has 1 saturated heterocycles. The standard InChI is InChI=1S/C37H44N4O4/c1-3-40(4-2)35(42)29-16-10-15-26(22-29)27-19-20-28-24-32-34(31(28)23-27)30(17-8-9-18-33(38)39)36(43)41(32)37(44)45-21-11-14-25-12-6-5-7-13-25/h5-7,10,12-13,15-16,19-20,22-23,30,32,34H,3-4,8-9,11,14,17-18,21,24H2,1-2H3,(H3,38,39)/t30-,32+,34+/m0/s1. The number of ether oxygens (including phenoxy) is 1. The Morgan fingerprint density at radius 1 is 0.956 bits per heavy atom. The molecule has 3 aromatic rings. The second-order valence-corrected chi connectivity index (χ2v) is 12.1. The van der Waals surface area contributed by atoms with Crippen molar-refractivity contribution in [2.45, 2.75) is 70.8 Å². The molecule has 1 aliphatic carbocycles. The molecule has 3 aromatic carbocycles. The summed E-state index contributed by atoms with van der Waals surface area (Å²) in [5, 5.41) is 7.57. The van der Waals surface area contributed by atoms with Crippen LogP contribution in [0.2, 0.25) is 0 Å². The van der Waals surface area contributed by atoms with Gasteiger partial charge in [-0.3, -0.25) is 15.0 Å². The molecule has 0 saturated carbocycles. The SMILES string of the molecule is CCN(CC)C(=O)c1cccc(-c2ccc3c(c2)[C@H]2[C@H](CCCCC(=N)N)C(=O)N(C(=O)OCCCc4ccccc4)[C@@H]2C3)c1. The zero-order valence-corrected chi connectivity index (χ0v) is 26.3. The Hall–Kier alpha value is -4.46. The van der Waals surface area contributed by atoms with Crippen LogP contribution in [0.4, 0.5) is 4.79 Å². The number of hydrogen-bond donors (Lipinski definition) is 2. The number of benzene rings is 3. The molecule has 8 heteroatoms. The minimum atomic E-state index is -0.565. The van der Waals surface area contributed by atoms with Gasteiger partial charge in [0.25, 0.3) is 5.91 Å². The minimum Gasteiger partial charge on any atom is -0.449 e. The van der Waals surface area contributed by atoms with Gasteiger partial charge in [0.15, 0.2) is 0 Å². The summed E-state index contributed by atoms with van der Waals surface area (Å²) in [5.41, 5.74) is 11.5. The molecule has 5 rings (SSSR count). The Bertz CT molecular complexity index is 1530. The number of imide groups is 1. The molecule has 0 unspecified atom stereocenters. The summed E-state index contributed by atoms with van der Waals surface area (Å²) in [6.45, 7) is 5.50. The molecule has 0 aromatic heterocycles. The van der Waals surface area contributed by atoms with Crippen LogP contribution in [-0.2, 0) is 22.4 Å². The highest BCUT2D eigenvalue weighted by molar-refractivity contribution is 5.97. The molecular formula is C37H44N4O4. The lowest BCUT2D eigenvalue weighted by Gasteiger charge is -2.21. The lowest BCUT2D eigenvalue weighted by atomic mass is 9.83. The summed E-state index contributed by atoms with van der Waals surface area (Å²) in [6, 6.07) is 23.8. The van der Waals surface area contributed by atoms with E-state index in [1.807, 2.05) is 61.2 Å². The minimum absolute atomic E-state index is 0.00742. The number of fused-ring (bicyclic) bond motifs is 3. The van der Waals surface area contributed by atoms with Gasteiger partial charge >= 0.3 is 6.09 Å². The van der Waals surface area contributed by atoms with Crippen LogP contribution >= 0.6 is 0 Å². The smallest absolute Gasteiger partial charge is 0.416 e. The maximum Gasteiger partial charge on any atom is 0.416 e. The van der Waals surface area contributed by atoms with E-state index >= 15 is 0 Å². The Labute approximate surface area is 266 Å². The fourth-order valence-corrected chi connectivity index (χ4v) is 6.95. The lowest BCUT2D eigenvalue weighted by Crippen LogP contribution is -2.40. The normalized spacial score (nSPS) is 18.4. The number of nitrogens with one attached hydrogen (secondary N) is 1. The summed E-state index contributed by atoms with van der Waals surface area (Å²) in [7, 11) is 0. The van der Waals surface area contributed by atoms with Crippen molar-refractivity contribution in [2.75, 3.05) is 19.7 Å². The number of amides is 3. The van der Waals surface area contributed by atoms with Crippen LogP contribution in [0.15, 0.2) is 72.8 Å². The van der Waals surface area contributed by atoms with E-state index in [1.54, 1.807) is 0 Å². The molecule has 2 aliphatic rings. The molecule has 1 heterocycles. The van der Waals surface area contributed by atoms with E-state index in [2.05, 4.69) is 30.3 Å². The molecule has 0 radical (unpaired) electrons. The number of likely N-dealkylation sites (tertiary alicyclic amines) is 1. The predicted molar refractivity (Wildman–Crippen MR) is 176 cm³/mol. The van der Waals surface area contributed by atoms with E-state index in [0.717, 1.165) is 41.5 Å². The summed E-state index contributed by atoms with van der Waals surface area (Å²) in [5.74, 6) is -0.520. The maximum atomic E-state index is 13.9. The van der Waals surface area contributed by atoms with Crippen LogP contribution in [-0.4, -0.2) is 59.3 Å². The summed E-state index contributed by atoms with van der Waals surface area (Å²) >= 11 is 0. The first-order valence-corrected chi connectivity index (χ1v) is 16.2. The maximum absolute atomic E-state index is 13.9. The zero-order valence-electron chi connectivity index (χ0n) is 26.3. The van der Waals surface area contributed by atoms with Crippen LogP contribution in [0.25, 0.3) is 11.1 Å². The average molecular weight is 609 g/mol. The number of carbonyl (C=O) groups is 3. The van der Waals surface area contributed by atoms with Crippen molar-refractivity contribution in [2.24, 2.45) is 11.7 Å². The fraction of sp³-hybridized carbons (Fsp3) is 0.405. The van der Waals surface area contributed by atoms with Gasteiger partial charge in [0.2, 0.25) is 5.91 Å². The first-order chi connectivity index (χ1) is 21.8. The monoisotopic (exact) mass is 608 g/mol. The highest BCUT2D eigenvalue weighted by Gasteiger charge is 2.54. The number of aryl methyl sites for hydroxylation is 1. The third kappa shape index (κ3) is 7.11. The number of hydrogen-bond acceptors (Lipinski definition) is 5. The van der Waals surface area contributed by atoms with Gasteiger partial charge in [-0.2, -0.15) is 0 Å². The molecule has 8 nitrogen and oxygen atoms in total. The van der Waals surface area contributed by atoms with Crippen molar-refractivity contribution >= 4 is 23.7 Å². The third-order valence-corrected chi connectivity index (χ3v) is 9.25. The molecule has 3 N–H and O–H groups in total. The van der Waals surface area contributed by atoms with E-state index in [0.29, 0.717) is 44.3 Å². The summed E-state index contributed by atoms with van der Waals surface area (Å²) in [6.07, 6.45) is 4.07. The quantitative estimate of drug-likeness (QED) is 0.129. The molecule has 3 atom stereocenters. The Balaban J connectivity index is 1.36. The fourth-order valence-electron chi connectivity index (χ4n) is 6.95. The molecular weight excluding hydrogens is 564 g/mol. The molecule has 0 bridgehead atoms. The molecule has 45 heavy (non-hydrogen) atoms. The van der Waals surface area contributed by atoms with Gasteiger partial charge in [-0.25, -0.2) is 9.69 Å². The largest absolute Gasteiger partial charge is 0.449 e. The van der Waals surface area contributed by atoms with Crippen LogP contribution in [0.1, 0.15) is 78.9 Å². The van der Waals surface area contributed by atoms with Gasteiger partial charge in [0.1, 0.15) is 0 Å². The second-order valence-electron chi connectivity index (χ2n) is 12.1. The van der Waals surface area contributed by atoms with Crippen molar-refractivity contribution < 1.29 is 19.1 Å². The van der Waals surface area contributed by atoms with E-state index in [4.69, 9.17) is 15.9 Å². The van der Waals surface area contributed by atoms with Gasteiger partial charge < -0.3 is 15.4 Å². The van der Waals surface area contributed by atoms with Crippen LogP contribution in [0.5, 0.6) is 0 Å². The number of nitrogens with zero attached hydrogens (tertiary/aromatic N) is 2. The van der Waals surface area contributed by atoms with Crippen molar-refractivity contribution in [1.29, 1.82) is 5.41 Å². The number of nitrogens with two attached hydrogens (primary N) is 1. The van der Waals surface area contributed by atoms with E-state index in [-0.39, 0.29) is 42.1 Å². The summed E-state index contributed by atoms with van der Waals surface area (Å²) < 4.78 is 5.68.